The highest BCUT2D eigenvalue weighted by molar-refractivity contribution is 7.12. The molecule has 90 valence electrons. The number of benzene rings is 1. The molecule has 0 aliphatic rings. The fourth-order valence-corrected chi connectivity index (χ4v) is 2.45. The Kier molecular flexibility index (Phi) is 3.76. The molecule has 2 aromatic rings. The third-order valence-corrected chi connectivity index (χ3v) is 3.60. The van der Waals surface area contributed by atoms with Crippen LogP contribution >= 0.6 is 11.3 Å². The number of hydrogen-bond acceptors (Lipinski definition) is 3. The van der Waals surface area contributed by atoms with Crippen molar-refractivity contribution in [3.8, 4) is 5.75 Å². The number of ether oxygens (including phenoxy) is 1. The van der Waals surface area contributed by atoms with Gasteiger partial charge in [-0.3, -0.25) is 0 Å². The van der Waals surface area contributed by atoms with Crippen LogP contribution in [0.2, 0.25) is 0 Å². The standard InChI is InChI=1S/C13H14FNOS/c1-9-10(6-13(7-15)17-9)8-16-12-4-2-11(14)3-5-12/h2-6H,7-8,15H2,1H3. The molecule has 0 amide bonds. The van der Waals surface area contributed by atoms with Gasteiger partial charge >= 0.3 is 0 Å². The summed E-state index contributed by atoms with van der Waals surface area (Å²) in [6.07, 6.45) is 0. The van der Waals surface area contributed by atoms with Crippen molar-refractivity contribution in [2.75, 3.05) is 0 Å². The first-order valence-corrected chi connectivity index (χ1v) is 6.17. The molecule has 0 saturated carbocycles. The van der Waals surface area contributed by atoms with E-state index in [9.17, 15) is 4.39 Å². The summed E-state index contributed by atoms with van der Waals surface area (Å²) in [6.45, 7) is 3.10. The Morgan fingerprint density at radius 2 is 2.00 bits per heavy atom. The highest BCUT2D eigenvalue weighted by Crippen LogP contribution is 2.23. The van der Waals surface area contributed by atoms with Gasteiger partial charge in [-0.05, 0) is 37.3 Å². The molecule has 0 fully saturated rings. The lowest BCUT2D eigenvalue weighted by Gasteiger charge is -2.05. The first-order chi connectivity index (χ1) is 8.19. The molecule has 2 N–H and O–H groups in total. The molecule has 0 bridgehead atoms. The van der Waals surface area contributed by atoms with Gasteiger partial charge in [-0.25, -0.2) is 4.39 Å². The van der Waals surface area contributed by atoms with Crippen LogP contribution in [0.1, 0.15) is 15.3 Å². The monoisotopic (exact) mass is 251 g/mol. The van der Waals surface area contributed by atoms with Crippen molar-refractivity contribution in [3.05, 3.63) is 51.5 Å². The van der Waals surface area contributed by atoms with Crippen molar-refractivity contribution in [2.45, 2.75) is 20.1 Å². The average Bonchev–Trinajstić information content (AvgIpc) is 2.69. The second-order valence-electron chi connectivity index (χ2n) is 3.74. The van der Waals surface area contributed by atoms with Crippen LogP contribution in [0.25, 0.3) is 0 Å². The quantitative estimate of drug-likeness (QED) is 0.905. The summed E-state index contributed by atoms with van der Waals surface area (Å²) < 4.78 is 18.3. The van der Waals surface area contributed by atoms with E-state index in [2.05, 4.69) is 6.07 Å². The third-order valence-electron chi connectivity index (χ3n) is 2.48. The van der Waals surface area contributed by atoms with Crippen LogP contribution in [-0.4, -0.2) is 0 Å². The normalized spacial score (nSPS) is 10.5. The summed E-state index contributed by atoms with van der Waals surface area (Å²) in [4.78, 5) is 2.37. The van der Waals surface area contributed by atoms with Gasteiger partial charge in [-0.2, -0.15) is 0 Å². The zero-order valence-corrected chi connectivity index (χ0v) is 10.4. The predicted molar refractivity (Wildman–Crippen MR) is 67.7 cm³/mol. The molecule has 1 aromatic heterocycles. The number of nitrogens with two attached hydrogens (primary N) is 1. The molecular weight excluding hydrogens is 237 g/mol. The molecule has 0 saturated heterocycles. The first-order valence-electron chi connectivity index (χ1n) is 5.35. The van der Waals surface area contributed by atoms with Crippen LogP contribution < -0.4 is 10.5 Å². The van der Waals surface area contributed by atoms with Gasteiger partial charge in [-0.15, -0.1) is 11.3 Å². The highest BCUT2D eigenvalue weighted by atomic mass is 32.1. The maximum Gasteiger partial charge on any atom is 0.123 e. The largest absolute Gasteiger partial charge is 0.489 e. The van der Waals surface area contributed by atoms with Gasteiger partial charge in [0.2, 0.25) is 0 Å². The lowest BCUT2D eigenvalue weighted by molar-refractivity contribution is 0.305. The van der Waals surface area contributed by atoms with Crippen LogP contribution in [0.3, 0.4) is 0 Å². The summed E-state index contributed by atoms with van der Waals surface area (Å²) in [5, 5.41) is 0. The van der Waals surface area contributed by atoms with Crippen molar-refractivity contribution in [2.24, 2.45) is 5.73 Å². The van der Waals surface area contributed by atoms with E-state index < -0.39 is 0 Å². The zero-order chi connectivity index (χ0) is 12.3. The Labute approximate surface area is 104 Å². The molecular formula is C13H14FNOS. The van der Waals surface area contributed by atoms with Crippen molar-refractivity contribution in [1.29, 1.82) is 0 Å². The molecule has 4 heteroatoms. The average molecular weight is 251 g/mol. The smallest absolute Gasteiger partial charge is 0.123 e. The lowest BCUT2D eigenvalue weighted by atomic mass is 10.2. The molecule has 0 unspecified atom stereocenters. The van der Waals surface area contributed by atoms with Gasteiger partial charge in [0.05, 0.1) is 0 Å². The van der Waals surface area contributed by atoms with E-state index in [1.54, 1.807) is 23.5 Å². The fourth-order valence-electron chi connectivity index (χ4n) is 1.52. The third kappa shape index (κ3) is 3.05. The van der Waals surface area contributed by atoms with Crippen molar-refractivity contribution >= 4 is 11.3 Å². The Hall–Kier alpha value is -1.39. The van der Waals surface area contributed by atoms with Crippen molar-refractivity contribution in [1.82, 2.24) is 0 Å². The van der Waals surface area contributed by atoms with Crippen LogP contribution in [-0.2, 0) is 13.2 Å². The van der Waals surface area contributed by atoms with E-state index in [1.807, 2.05) is 6.92 Å². The molecule has 2 nitrogen and oxygen atoms in total. The minimum atomic E-state index is -0.255. The van der Waals surface area contributed by atoms with Gasteiger partial charge in [0, 0.05) is 21.9 Å². The van der Waals surface area contributed by atoms with Gasteiger partial charge in [-0.1, -0.05) is 0 Å². The minimum Gasteiger partial charge on any atom is -0.489 e. The molecule has 1 heterocycles. The zero-order valence-electron chi connectivity index (χ0n) is 9.57. The van der Waals surface area contributed by atoms with Crippen molar-refractivity contribution in [3.63, 3.8) is 0 Å². The van der Waals surface area contributed by atoms with Crippen LogP contribution in [0.15, 0.2) is 30.3 Å². The van der Waals surface area contributed by atoms with Crippen LogP contribution in [0, 0.1) is 12.7 Å². The first kappa shape index (κ1) is 12.1. The topological polar surface area (TPSA) is 35.2 Å². The SMILES string of the molecule is Cc1sc(CN)cc1COc1ccc(F)cc1. The lowest BCUT2D eigenvalue weighted by Crippen LogP contribution is -1.96. The summed E-state index contributed by atoms with van der Waals surface area (Å²) in [6, 6.07) is 8.09. The number of halogens is 1. The summed E-state index contributed by atoms with van der Waals surface area (Å²) in [7, 11) is 0. The Morgan fingerprint density at radius 1 is 1.29 bits per heavy atom. The molecule has 0 spiro atoms. The van der Waals surface area contributed by atoms with Crippen LogP contribution in [0.4, 0.5) is 4.39 Å². The van der Waals surface area contributed by atoms with E-state index in [0.717, 1.165) is 10.4 Å². The molecule has 0 atom stereocenters. The number of hydrogen-bond donors (Lipinski definition) is 1. The maximum absolute atomic E-state index is 12.7. The molecule has 0 radical (unpaired) electrons. The van der Waals surface area contributed by atoms with Gasteiger partial charge in [0.25, 0.3) is 0 Å². The fraction of sp³-hybridized carbons (Fsp3) is 0.231. The Balaban J connectivity index is 2.01. The van der Waals surface area contributed by atoms with E-state index in [4.69, 9.17) is 10.5 Å². The second kappa shape index (κ2) is 5.29. The molecule has 0 aliphatic carbocycles. The number of aryl methyl sites for hydroxylation is 1. The Bertz CT molecular complexity index is 493. The molecule has 2 rings (SSSR count). The van der Waals surface area contributed by atoms with E-state index >= 15 is 0 Å². The van der Waals surface area contributed by atoms with Gasteiger partial charge in [0.15, 0.2) is 0 Å². The van der Waals surface area contributed by atoms with Gasteiger partial charge in [0.1, 0.15) is 18.2 Å². The summed E-state index contributed by atoms with van der Waals surface area (Å²) >= 11 is 1.69. The Morgan fingerprint density at radius 3 is 2.59 bits per heavy atom. The van der Waals surface area contributed by atoms with E-state index in [-0.39, 0.29) is 5.82 Å². The summed E-state index contributed by atoms with van der Waals surface area (Å²) in [5.41, 5.74) is 6.72. The molecule has 1 aromatic carbocycles. The highest BCUT2D eigenvalue weighted by Gasteiger charge is 2.05. The molecule has 0 aliphatic heterocycles. The second-order valence-corrected chi connectivity index (χ2v) is 5.08. The molecule has 17 heavy (non-hydrogen) atoms. The van der Waals surface area contributed by atoms with Crippen LogP contribution in [0.5, 0.6) is 5.75 Å². The van der Waals surface area contributed by atoms with E-state index in [1.165, 1.54) is 17.0 Å². The van der Waals surface area contributed by atoms with E-state index in [0.29, 0.717) is 18.9 Å². The van der Waals surface area contributed by atoms with Crippen molar-refractivity contribution < 1.29 is 9.13 Å². The predicted octanol–water partition coefficient (Wildman–Crippen LogP) is 3.23. The maximum atomic E-state index is 12.7. The van der Waals surface area contributed by atoms with Gasteiger partial charge < -0.3 is 10.5 Å². The minimum absolute atomic E-state index is 0.255. The number of rotatable bonds is 4. The summed E-state index contributed by atoms with van der Waals surface area (Å²) in [5.74, 6) is 0.417. The number of thiophene rings is 1.